The van der Waals surface area contributed by atoms with Crippen LogP contribution in [0.25, 0.3) is 0 Å². The molecule has 0 saturated heterocycles. The molecule has 5 heteroatoms. The fraction of sp³-hybridized carbons (Fsp3) is 0.188. The number of benzene rings is 2. The topological polar surface area (TPSA) is 29.5 Å². The lowest BCUT2D eigenvalue weighted by atomic mass is 10.3. The van der Waals surface area contributed by atoms with Gasteiger partial charge in [-0.05, 0) is 53.2 Å². The monoisotopic (exact) mass is 351 g/mol. The molecule has 0 saturated carbocycles. The number of halogens is 2. The highest BCUT2D eigenvalue weighted by atomic mass is 79.9. The van der Waals surface area contributed by atoms with Crippen LogP contribution in [0.1, 0.15) is 6.92 Å². The first-order valence-corrected chi connectivity index (χ1v) is 7.34. The second-order valence-electron chi connectivity index (χ2n) is 4.34. The summed E-state index contributed by atoms with van der Waals surface area (Å²) in [7, 11) is 0. The molecule has 0 unspecified atom stereocenters. The molecular weight excluding hydrogens is 337 g/mol. The molecule has 0 N–H and O–H groups in total. The number of likely N-dealkylation sites (N-methyl/N-ethyl adjacent to an activating group) is 1. The Morgan fingerprint density at radius 3 is 2.57 bits per heavy atom. The van der Waals surface area contributed by atoms with Crippen molar-refractivity contribution in [1.29, 1.82) is 0 Å². The van der Waals surface area contributed by atoms with Gasteiger partial charge in [0.15, 0.2) is 6.61 Å². The lowest BCUT2D eigenvalue weighted by Crippen LogP contribution is -2.34. The molecule has 0 radical (unpaired) electrons. The summed E-state index contributed by atoms with van der Waals surface area (Å²) in [6, 6.07) is 13.5. The van der Waals surface area contributed by atoms with Gasteiger partial charge in [0.25, 0.3) is 5.91 Å². The van der Waals surface area contributed by atoms with Crippen LogP contribution in [0.5, 0.6) is 5.75 Å². The predicted molar refractivity (Wildman–Crippen MR) is 84.1 cm³/mol. The first kappa shape index (κ1) is 15.5. The van der Waals surface area contributed by atoms with Gasteiger partial charge in [-0.25, -0.2) is 4.39 Å². The van der Waals surface area contributed by atoms with E-state index in [9.17, 15) is 9.18 Å². The highest BCUT2D eigenvalue weighted by Gasteiger charge is 2.15. The molecular formula is C16H15BrFNO2. The van der Waals surface area contributed by atoms with Gasteiger partial charge in [0.05, 0.1) is 4.47 Å². The van der Waals surface area contributed by atoms with E-state index < -0.39 is 0 Å². The summed E-state index contributed by atoms with van der Waals surface area (Å²) >= 11 is 3.21. The third-order valence-electron chi connectivity index (χ3n) is 2.93. The van der Waals surface area contributed by atoms with Gasteiger partial charge in [-0.2, -0.15) is 0 Å². The first-order chi connectivity index (χ1) is 10.1. The minimum Gasteiger partial charge on any atom is -0.483 e. The van der Waals surface area contributed by atoms with Crippen molar-refractivity contribution in [2.24, 2.45) is 0 Å². The molecule has 0 aliphatic rings. The second kappa shape index (κ2) is 7.22. The summed E-state index contributed by atoms with van der Waals surface area (Å²) in [6.07, 6.45) is 0. The van der Waals surface area contributed by atoms with Crippen LogP contribution < -0.4 is 9.64 Å². The molecule has 2 rings (SSSR count). The second-order valence-corrected chi connectivity index (χ2v) is 5.19. The highest BCUT2D eigenvalue weighted by molar-refractivity contribution is 9.10. The molecule has 2 aromatic carbocycles. The summed E-state index contributed by atoms with van der Waals surface area (Å²) < 4.78 is 18.9. The number of rotatable bonds is 5. The SMILES string of the molecule is CCN(C(=O)COc1ccc(F)cc1Br)c1ccccc1. The standard InChI is InChI=1S/C16H15BrFNO2/c1-2-19(13-6-4-3-5-7-13)16(20)11-21-15-9-8-12(18)10-14(15)17/h3-10H,2,11H2,1H3. The fourth-order valence-electron chi connectivity index (χ4n) is 1.92. The lowest BCUT2D eigenvalue weighted by molar-refractivity contribution is -0.120. The summed E-state index contributed by atoms with van der Waals surface area (Å²) in [5.41, 5.74) is 0.826. The Hall–Kier alpha value is -1.88. The van der Waals surface area contributed by atoms with Crippen molar-refractivity contribution in [3.63, 3.8) is 0 Å². The van der Waals surface area contributed by atoms with Crippen LogP contribution in [0.15, 0.2) is 53.0 Å². The van der Waals surface area contributed by atoms with E-state index in [1.54, 1.807) is 4.90 Å². The maximum atomic E-state index is 13.0. The number of ether oxygens (including phenoxy) is 1. The molecule has 21 heavy (non-hydrogen) atoms. The van der Waals surface area contributed by atoms with Gasteiger partial charge in [-0.1, -0.05) is 18.2 Å². The van der Waals surface area contributed by atoms with Crippen LogP contribution in [-0.4, -0.2) is 19.1 Å². The smallest absolute Gasteiger partial charge is 0.264 e. The van der Waals surface area contributed by atoms with Crippen LogP contribution in [-0.2, 0) is 4.79 Å². The third-order valence-corrected chi connectivity index (χ3v) is 3.55. The maximum absolute atomic E-state index is 13.0. The molecule has 0 aromatic heterocycles. The molecule has 2 aromatic rings. The van der Waals surface area contributed by atoms with E-state index in [4.69, 9.17) is 4.74 Å². The van der Waals surface area contributed by atoms with E-state index in [1.807, 2.05) is 37.3 Å². The van der Waals surface area contributed by atoms with E-state index in [0.29, 0.717) is 16.8 Å². The number of anilines is 1. The van der Waals surface area contributed by atoms with Crippen molar-refractivity contribution >= 4 is 27.5 Å². The number of carbonyl (C=O) groups is 1. The summed E-state index contributed by atoms with van der Waals surface area (Å²) in [5.74, 6) is -0.0752. The van der Waals surface area contributed by atoms with Crippen LogP contribution >= 0.6 is 15.9 Å². The first-order valence-electron chi connectivity index (χ1n) is 6.55. The average molecular weight is 352 g/mol. The Balaban J connectivity index is 2.03. The maximum Gasteiger partial charge on any atom is 0.264 e. The molecule has 3 nitrogen and oxygen atoms in total. The zero-order valence-electron chi connectivity index (χ0n) is 11.6. The van der Waals surface area contributed by atoms with E-state index in [0.717, 1.165) is 5.69 Å². The number of hydrogen-bond acceptors (Lipinski definition) is 2. The molecule has 110 valence electrons. The van der Waals surface area contributed by atoms with Crippen molar-refractivity contribution in [2.45, 2.75) is 6.92 Å². The summed E-state index contributed by atoms with van der Waals surface area (Å²) in [6.45, 7) is 2.35. The molecule has 0 spiro atoms. The van der Waals surface area contributed by atoms with Crippen molar-refractivity contribution < 1.29 is 13.9 Å². The number of para-hydroxylation sites is 1. The minimum atomic E-state index is -0.361. The summed E-state index contributed by atoms with van der Waals surface area (Å²) in [5, 5.41) is 0. The van der Waals surface area contributed by atoms with Crippen molar-refractivity contribution in [3.05, 3.63) is 58.8 Å². The largest absolute Gasteiger partial charge is 0.483 e. The molecule has 0 fully saturated rings. The van der Waals surface area contributed by atoms with Gasteiger partial charge in [0.1, 0.15) is 11.6 Å². The minimum absolute atomic E-state index is 0.104. The van der Waals surface area contributed by atoms with Crippen LogP contribution in [0.2, 0.25) is 0 Å². The van der Waals surface area contributed by atoms with Gasteiger partial charge >= 0.3 is 0 Å². The van der Waals surface area contributed by atoms with Gasteiger partial charge in [0.2, 0.25) is 0 Å². The highest BCUT2D eigenvalue weighted by Crippen LogP contribution is 2.25. The normalized spacial score (nSPS) is 10.2. The van der Waals surface area contributed by atoms with Crippen LogP contribution in [0, 0.1) is 5.82 Å². The van der Waals surface area contributed by atoms with E-state index in [1.165, 1.54) is 18.2 Å². The molecule has 0 atom stereocenters. The van der Waals surface area contributed by atoms with Crippen LogP contribution in [0.3, 0.4) is 0 Å². The third kappa shape index (κ3) is 4.04. The van der Waals surface area contributed by atoms with Crippen molar-refractivity contribution in [3.8, 4) is 5.75 Å². The summed E-state index contributed by atoms with van der Waals surface area (Å²) in [4.78, 5) is 13.9. The zero-order valence-corrected chi connectivity index (χ0v) is 13.1. The lowest BCUT2D eigenvalue weighted by Gasteiger charge is -2.21. The molecule has 0 aliphatic heterocycles. The van der Waals surface area contributed by atoms with Crippen molar-refractivity contribution in [2.75, 3.05) is 18.1 Å². The van der Waals surface area contributed by atoms with Gasteiger partial charge in [-0.15, -0.1) is 0 Å². The van der Waals surface area contributed by atoms with Crippen molar-refractivity contribution in [1.82, 2.24) is 0 Å². The predicted octanol–water partition coefficient (Wildman–Crippen LogP) is 4.02. The average Bonchev–Trinajstić information content (AvgIpc) is 2.48. The van der Waals surface area contributed by atoms with E-state index in [2.05, 4.69) is 15.9 Å². The Labute approximate surface area is 131 Å². The Kier molecular flexibility index (Phi) is 5.33. The molecule has 0 heterocycles. The van der Waals surface area contributed by atoms with Gasteiger partial charge < -0.3 is 9.64 Å². The van der Waals surface area contributed by atoms with Crippen LogP contribution in [0.4, 0.5) is 10.1 Å². The Morgan fingerprint density at radius 2 is 1.95 bits per heavy atom. The Bertz CT molecular complexity index is 619. The number of hydrogen-bond donors (Lipinski definition) is 0. The van der Waals surface area contributed by atoms with Gasteiger partial charge in [0, 0.05) is 12.2 Å². The van der Waals surface area contributed by atoms with E-state index in [-0.39, 0.29) is 18.3 Å². The molecule has 1 amide bonds. The number of nitrogens with zero attached hydrogens (tertiary/aromatic N) is 1. The van der Waals surface area contributed by atoms with E-state index >= 15 is 0 Å². The quantitative estimate of drug-likeness (QED) is 0.814. The van der Waals surface area contributed by atoms with Gasteiger partial charge in [-0.3, -0.25) is 4.79 Å². The number of carbonyl (C=O) groups excluding carboxylic acids is 1. The molecule has 0 aliphatic carbocycles. The Morgan fingerprint density at radius 1 is 1.24 bits per heavy atom. The molecule has 0 bridgehead atoms. The zero-order chi connectivity index (χ0) is 15.2. The number of amides is 1. The fourth-order valence-corrected chi connectivity index (χ4v) is 2.39.